The van der Waals surface area contributed by atoms with Crippen LogP contribution in [-0.2, 0) is 20.8 Å². The average molecular weight is 479 g/mol. The van der Waals surface area contributed by atoms with Crippen molar-refractivity contribution < 1.29 is 24.2 Å². The lowest BCUT2D eigenvalue weighted by Crippen LogP contribution is -2.46. The first-order chi connectivity index (χ1) is 16.7. The molecule has 184 valence electrons. The minimum atomic E-state index is -1.18. The number of fused-ring (bicyclic) bond motifs is 1. The SMILES string of the molecule is CC(C)(Cc1c[nH]c2ccccc12)NCC(O)COc1ccccc1N1C(=O)CC(C(N)=O)C1=O. The van der Waals surface area contributed by atoms with Crippen molar-refractivity contribution in [2.45, 2.75) is 38.3 Å². The van der Waals surface area contributed by atoms with Gasteiger partial charge in [-0.3, -0.25) is 14.4 Å². The number of imide groups is 1. The molecule has 2 atom stereocenters. The van der Waals surface area contributed by atoms with Crippen LogP contribution in [0.1, 0.15) is 25.8 Å². The van der Waals surface area contributed by atoms with Crippen LogP contribution in [0.4, 0.5) is 5.69 Å². The number of aromatic nitrogens is 1. The average Bonchev–Trinajstić information content (AvgIpc) is 3.36. The number of nitrogens with one attached hydrogen (secondary N) is 2. The summed E-state index contributed by atoms with van der Waals surface area (Å²) in [5, 5.41) is 15.1. The number of aromatic amines is 1. The molecule has 3 amide bonds. The molecule has 35 heavy (non-hydrogen) atoms. The van der Waals surface area contributed by atoms with Crippen LogP contribution >= 0.6 is 0 Å². The fourth-order valence-corrected chi connectivity index (χ4v) is 4.33. The molecule has 1 saturated heterocycles. The van der Waals surface area contributed by atoms with Crippen molar-refractivity contribution in [3.05, 3.63) is 60.3 Å². The highest BCUT2D eigenvalue weighted by molar-refractivity contribution is 6.26. The Morgan fingerprint density at radius 2 is 1.94 bits per heavy atom. The third-order valence-corrected chi connectivity index (χ3v) is 6.15. The molecule has 1 fully saturated rings. The van der Waals surface area contributed by atoms with Gasteiger partial charge < -0.3 is 25.9 Å². The van der Waals surface area contributed by atoms with Crippen LogP contribution in [0.2, 0.25) is 0 Å². The number of benzene rings is 2. The van der Waals surface area contributed by atoms with Crippen LogP contribution in [0.15, 0.2) is 54.7 Å². The summed E-state index contributed by atoms with van der Waals surface area (Å²) in [6.45, 7) is 4.36. The van der Waals surface area contributed by atoms with E-state index in [2.05, 4.69) is 30.2 Å². The molecule has 1 aromatic heterocycles. The second-order valence-electron chi connectivity index (χ2n) is 9.46. The molecule has 0 saturated carbocycles. The van der Waals surface area contributed by atoms with E-state index in [0.29, 0.717) is 0 Å². The van der Waals surface area contributed by atoms with Gasteiger partial charge in [-0.05, 0) is 44.0 Å². The smallest absolute Gasteiger partial charge is 0.246 e. The quantitative estimate of drug-likeness (QED) is 0.259. The van der Waals surface area contributed by atoms with Crippen molar-refractivity contribution in [1.29, 1.82) is 0 Å². The Morgan fingerprint density at radius 3 is 2.69 bits per heavy atom. The Hall–Kier alpha value is -3.69. The van der Waals surface area contributed by atoms with Crippen molar-refractivity contribution in [3.8, 4) is 5.75 Å². The zero-order valence-corrected chi connectivity index (χ0v) is 19.8. The largest absolute Gasteiger partial charge is 0.489 e. The topological polar surface area (TPSA) is 138 Å². The predicted octanol–water partition coefficient (Wildman–Crippen LogP) is 1.88. The maximum atomic E-state index is 12.6. The fourth-order valence-electron chi connectivity index (χ4n) is 4.33. The van der Waals surface area contributed by atoms with Gasteiger partial charge in [0, 0.05) is 35.6 Å². The Labute approximate surface area is 203 Å². The van der Waals surface area contributed by atoms with E-state index in [4.69, 9.17) is 10.5 Å². The summed E-state index contributed by atoms with van der Waals surface area (Å²) in [5.41, 5.74) is 7.46. The van der Waals surface area contributed by atoms with Crippen LogP contribution in [-0.4, -0.2) is 52.6 Å². The summed E-state index contributed by atoms with van der Waals surface area (Å²) < 4.78 is 5.78. The summed E-state index contributed by atoms with van der Waals surface area (Å²) in [5.74, 6) is -2.93. The Kier molecular flexibility index (Phi) is 6.90. The number of hydrogen-bond donors (Lipinski definition) is 4. The standard InChI is InChI=1S/C26H30N4O5/c1-26(2,12-16-13-28-20-8-4-3-7-18(16)20)29-14-17(31)15-35-22-10-6-5-9-21(22)30-23(32)11-19(24(27)33)25(30)34/h3-10,13,17,19,28-29,31H,11-12,14-15H2,1-2H3,(H2,27,33). The number of para-hydroxylation sites is 3. The van der Waals surface area contributed by atoms with Crippen molar-refractivity contribution in [1.82, 2.24) is 10.3 Å². The molecular formula is C26H30N4O5. The zero-order chi connectivity index (χ0) is 25.2. The van der Waals surface area contributed by atoms with Crippen molar-refractivity contribution in [2.75, 3.05) is 18.1 Å². The predicted molar refractivity (Wildman–Crippen MR) is 132 cm³/mol. The van der Waals surface area contributed by atoms with Gasteiger partial charge in [-0.1, -0.05) is 30.3 Å². The van der Waals surface area contributed by atoms with E-state index in [9.17, 15) is 19.5 Å². The number of H-pyrrole nitrogens is 1. The summed E-state index contributed by atoms with van der Waals surface area (Å²) in [7, 11) is 0. The lowest BCUT2D eigenvalue weighted by molar-refractivity contribution is -0.130. The molecule has 4 rings (SSSR count). The fraction of sp³-hybridized carbons (Fsp3) is 0.346. The summed E-state index contributed by atoms with van der Waals surface area (Å²) in [4.78, 5) is 40.7. The first kappa shape index (κ1) is 24.4. The number of anilines is 1. The summed E-state index contributed by atoms with van der Waals surface area (Å²) >= 11 is 0. The number of primary amides is 1. The third kappa shape index (κ3) is 5.36. The van der Waals surface area contributed by atoms with Crippen molar-refractivity contribution >= 4 is 34.3 Å². The first-order valence-corrected chi connectivity index (χ1v) is 11.5. The number of nitrogens with zero attached hydrogens (tertiary/aromatic N) is 1. The minimum Gasteiger partial charge on any atom is -0.489 e. The second-order valence-corrected chi connectivity index (χ2v) is 9.46. The van der Waals surface area contributed by atoms with E-state index in [1.54, 1.807) is 24.3 Å². The van der Waals surface area contributed by atoms with Gasteiger partial charge in [-0.25, -0.2) is 4.90 Å². The Bertz CT molecular complexity index is 1250. The van der Waals surface area contributed by atoms with E-state index in [1.807, 2.05) is 24.4 Å². The number of aliphatic hydroxyl groups excluding tert-OH is 1. The molecule has 5 N–H and O–H groups in total. The minimum absolute atomic E-state index is 0.0529. The van der Waals surface area contributed by atoms with E-state index in [1.165, 1.54) is 10.9 Å². The van der Waals surface area contributed by atoms with E-state index >= 15 is 0 Å². The first-order valence-electron chi connectivity index (χ1n) is 11.5. The molecule has 2 unspecified atom stereocenters. The van der Waals surface area contributed by atoms with E-state index in [0.717, 1.165) is 16.8 Å². The summed E-state index contributed by atoms with van der Waals surface area (Å²) in [6, 6.07) is 14.6. The molecular weight excluding hydrogens is 448 g/mol. The van der Waals surface area contributed by atoms with Gasteiger partial charge in [0.25, 0.3) is 0 Å². The van der Waals surface area contributed by atoms with Crippen molar-refractivity contribution in [2.24, 2.45) is 11.7 Å². The van der Waals surface area contributed by atoms with Crippen LogP contribution in [0.3, 0.4) is 0 Å². The normalized spacial score (nSPS) is 17.2. The van der Waals surface area contributed by atoms with Crippen molar-refractivity contribution in [3.63, 3.8) is 0 Å². The number of aliphatic hydroxyl groups is 1. The van der Waals surface area contributed by atoms with Gasteiger partial charge in [0.1, 0.15) is 24.4 Å². The zero-order valence-electron chi connectivity index (χ0n) is 19.8. The number of nitrogens with two attached hydrogens (primary N) is 1. The Balaban J connectivity index is 1.35. The lowest BCUT2D eigenvalue weighted by Gasteiger charge is -2.28. The number of ether oxygens (including phenoxy) is 1. The molecule has 9 nitrogen and oxygen atoms in total. The van der Waals surface area contributed by atoms with Crippen LogP contribution in [0.5, 0.6) is 5.75 Å². The molecule has 1 aliphatic heterocycles. The maximum absolute atomic E-state index is 12.6. The van der Waals surface area contributed by atoms with Gasteiger partial charge in [0.05, 0.1) is 5.69 Å². The molecule has 3 aromatic rings. The van der Waals surface area contributed by atoms with E-state index < -0.39 is 29.7 Å². The van der Waals surface area contributed by atoms with Crippen LogP contribution in [0.25, 0.3) is 10.9 Å². The number of β-amino-alcohol motifs (C(OH)–C–C–N with tert-alkyl or cyclic N) is 1. The molecule has 1 aliphatic rings. The summed E-state index contributed by atoms with van der Waals surface area (Å²) in [6.07, 6.45) is 1.66. The molecule has 0 spiro atoms. The van der Waals surface area contributed by atoms with Gasteiger partial charge in [-0.2, -0.15) is 0 Å². The number of rotatable bonds is 10. The number of amides is 3. The number of carbonyl (C=O) groups is 3. The van der Waals surface area contributed by atoms with Gasteiger partial charge in [0.2, 0.25) is 17.7 Å². The van der Waals surface area contributed by atoms with Crippen LogP contribution in [0, 0.1) is 5.92 Å². The molecule has 0 aliphatic carbocycles. The Morgan fingerprint density at radius 1 is 1.23 bits per heavy atom. The van der Waals surface area contributed by atoms with Gasteiger partial charge >= 0.3 is 0 Å². The highest BCUT2D eigenvalue weighted by Crippen LogP contribution is 2.34. The molecule has 9 heteroatoms. The lowest BCUT2D eigenvalue weighted by atomic mass is 9.94. The molecule has 0 bridgehead atoms. The maximum Gasteiger partial charge on any atom is 0.246 e. The molecule has 2 heterocycles. The second kappa shape index (κ2) is 9.89. The monoisotopic (exact) mass is 478 g/mol. The van der Waals surface area contributed by atoms with Crippen LogP contribution < -0.4 is 20.7 Å². The highest BCUT2D eigenvalue weighted by Gasteiger charge is 2.43. The third-order valence-electron chi connectivity index (χ3n) is 6.15. The molecule has 0 radical (unpaired) electrons. The molecule has 2 aromatic carbocycles. The van der Waals surface area contributed by atoms with Gasteiger partial charge in [0.15, 0.2) is 0 Å². The van der Waals surface area contributed by atoms with E-state index in [-0.39, 0.29) is 36.5 Å². The van der Waals surface area contributed by atoms with Gasteiger partial charge in [-0.15, -0.1) is 0 Å². The number of carbonyl (C=O) groups excluding carboxylic acids is 3. The highest BCUT2D eigenvalue weighted by atomic mass is 16.5. The number of hydrogen-bond acceptors (Lipinski definition) is 6.